The van der Waals surface area contributed by atoms with Gasteiger partial charge in [-0.05, 0) is 59.1 Å². The van der Waals surface area contributed by atoms with Gasteiger partial charge in [-0.1, -0.05) is 55.8 Å². The maximum Gasteiger partial charge on any atom is 0.411 e. The van der Waals surface area contributed by atoms with E-state index in [2.05, 4.69) is 38.3 Å². The first-order valence-corrected chi connectivity index (χ1v) is 12.8. The zero-order valence-electron chi connectivity index (χ0n) is 19.4. The van der Waals surface area contributed by atoms with Crippen LogP contribution in [-0.2, 0) is 0 Å². The van der Waals surface area contributed by atoms with Gasteiger partial charge in [-0.3, -0.25) is 9.69 Å². The van der Waals surface area contributed by atoms with E-state index in [1.807, 2.05) is 0 Å². The minimum Gasteiger partial charge on any atom is -0.465 e. The Morgan fingerprint density at radius 1 is 1.17 bits per heavy atom. The van der Waals surface area contributed by atoms with Crippen molar-refractivity contribution in [2.75, 3.05) is 16.8 Å². The molecular formula is C24H26BrCl2N5O3. The van der Waals surface area contributed by atoms with Gasteiger partial charge in [-0.15, -0.1) is 0 Å². The van der Waals surface area contributed by atoms with E-state index in [1.165, 1.54) is 15.6 Å². The van der Waals surface area contributed by atoms with Gasteiger partial charge in [0.25, 0.3) is 5.91 Å². The van der Waals surface area contributed by atoms with Crippen LogP contribution < -0.4 is 10.2 Å². The Hall–Kier alpha value is -2.62. The number of anilines is 2. The van der Waals surface area contributed by atoms with Gasteiger partial charge in [0.1, 0.15) is 10.3 Å². The maximum absolute atomic E-state index is 13.4. The van der Waals surface area contributed by atoms with Crippen LogP contribution in [0.25, 0.3) is 5.82 Å². The zero-order chi connectivity index (χ0) is 25.5. The van der Waals surface area contributed by atoms with Gasteiger partial charge in [0.15, 0.2) is 5.82 Å². The minimum atomic E-state index is -1.12. The highest BCUT2D eigenvalue weighted by Gasteiger charge is 2.24. The van der Waals surface area contributed by atoms with Gasteiger partial charge >= 0.3 is 6.09 Å². The third-order valence-corrected chi connectivity index (χ3v) is 6.28. The Kier molecular flexibility index (Phi) is 9.54. The van der Waals surface area contributed by atoms with Crippen molar-refractivity contribution >= 4 is 62.5 Å². The Balaban J connectivity index is 1.95. The molecule has 2 heterocycles. The Morgan fingerprint density at radius 3 is 2.60 bits per heavy atom. The molecule has 3 rings (SSSR count). The summed E-state index contributed by atoms with van der Waals surface area (Å²) in [7, 11) is 0. The number of rotatable bonds is 10. The van der Waals surface area contributed by atoms with Gasteiger partial charge in [0, 0.05) is 23.8 Å². The van der Waals surface area contributed by atoms with Crippen molar-refractivity contribution < 1.29 is 14.7 Å². The van der Waals surface area contributed by atoms with Crippen molar-refractivity contribution in [2.24, 2.45) is 0 Å². The van der Waals surface area contributed by atoms with E-state index >= 15 is 0 Å². The first-order chi connectivity index (χ1) is 16.7. The van der Waals surface area contributed by atoms with Crippen LogP contribution in [0.2, 0.25) is 10.0 Å². The van der Waals surface area contributed by atoms with E-state index in [-0.39, 0.29) is 18.1 Å². The van der Waals surface area contributed by atoms with Crippen molar-refractivity contribution in [3.05, 3.63) is 62.4 Å². The fourth-order valence-corrected chi connectivity index (χ4v) is 4.52. The fourth-order valence-electron chi connectivity index (χ4n) is 3.68. The molecule has 0 bridgehead atoms. The number of amides is 2. The molecule has 0 fully saturated rings. The molecule has 0 aliphatic rings. The number of carbonyl (C=O) groups is 2. The van der Waals surface area contributed by atoms with E-state index in [1.54, 1.807) is 37.4 Å². The summed E-state index contributed by atoms with van der Waals surface area (Å²) in [5.41, 5.74) is 1.46. The van der Waals surface area contributed by atoms with Crippen LogP contribution in [0.4, 0.5) is 16.2 Å². The highest BCUT2D eigenvalue weighted by atomic mass is 79.9. The minimum absolute atomic E-state index is 0.166. The summed E-state index contributed by atoms with van der Waals surface area (Å²) in [6, 6.07) is 8.08. The number of pyridine rings is 1. The number of nitrogens with zero attached hydrogens (tertiary/aromatic N) is 4. The van der Waals surface area contributed by atoms with E-state index in [4.69, 9.17) is 23.2 Å². The average Bonchev–Trinajstić information content (AvgIpc) is 3.19. The van der Waals surface area contributed by atoms with Gasteiger partial charge in [-0.2, -0.15) is 5.10 Å². The second kappa shape index (κ2) is 12.4. The van der Waals surface area contributed by atoms with E-state index < -0.39 is 12.0 Å². The maximum atomic E-state index is 13.4. The molecular weight excluding hydrogens is 557 g/mol. The molecule has 0 unspecified atom stereocenters. The van der Waals surface area contributed by atoms with Crippen molar-refractivity contribution in [1.82, 2.24) is 14.8 Å². The molecule has 8 nitrogen and oxygen atoms in total. The third kappa shape index (κ3) is 6.74. The van der Waals surface area contributed by atoms with Gasteiger partial charge in [-0.25, -0.2) is 14.5 Å². The Labute approximate surface area is 222 Å². The fraction of sp³-hybridized carbons (Fsp3) is 0.333. The molecule has 3 aromatic rings. The molecule has 0 saturated heterocycles. The van der Waals surface area contributed by atoms with Crippen LogP contribution in [0.15, 0.2) is 41.1 Å². The molecule has 0 aliphatic heterocycles. The van der Waals surface area contributed by atoms with E-state index in [0.717, 1.165) is 25.7 Å². The number of aryl methyl sites for hydroxylation is 1. The molecule has 2 N–H and O–H groups in total. The smallest absolute Gasteiger partial charge is 0.411 e. The molecule has 2 amide bonds. The predicted octanol–water partition coefficient (Wildman–Crippen LogP) is 7.35. The normalized spacial score (nSPS) is 10.9. The number of carbonyl (C=O) groups excluding carboxylic acids is 1. The topological polar surface area (TPSA) is 100 Å². The number of halogens is 3. The first kappa shape index (κ1) is 27.0. The van der Waals surface area contributed by atoms with Crippen LogP contribution in [0, 0.1) is 6.92 Å². The van der Waals surface area contributed by atoms with Crippen LogP contribution in [0.1, 0.15) is 55.1 Å². The van der Waals surface area contributed by atoms with E-state index in [9.17, 15) is 14.7 Å². The molecule has 186 valence electrons. The number of benzene rings is 1. The lowest BCUT2D eigenvalue weighted by Crippen LogP contribution is -2.32. The highest BCUT2D eigenvalue weighted by Crippen LogP contribution is 2.34. The molecule has 35 heavy (non-hydrogen) atoms. The van der Waals surface area contributed by atoms with E-state index in [0.29, 0.717) is 38.0 Å². The standard InChI is InChI=1S/C24H26BrCl2N5O3/c1-3-4-5-6-7-11-31(24(34)35)18-13-16(26)12-15(2)21(18)29-23(33)19-14-20(25)30-32(19)22-17(27)9-8-10-28-22/h8-10,12-14H,3-7,11H2,1-2H3,(H,29,33)(H,34,35). The molecule has 0 saturated carbocycles. The number of unbranched alkanes of at least 4 members (excludes halogenated alkanes) is 4. The summed E-state index contributed by atoms with van der Waals surface area (Å²) in [4.78, 5) is 31.0. The third-order valence-electron chi connectivity index (χ3n) is 5.38. The van der Waals surface area contributed by atoms with Crippen molar-refractivity contribution in [2.45, 2.75) is 46.0 Å². The van der Waals surface area contributed by atoms with Crippen LogP contribution >= 0.6 is 39.1 Å². The molecule has 2 aromatic heterocycles. The second-order valence-corrected chi connectivity index (χ2v) is 9.65. The summed E-state index contributed by atoms with van der Waals surface area (Å²) in [6.45, 7) is 4.17. The lowest BCUT2D eigenvalue weighted by Gasteiger charge is -2.24. The summed E-state index contributed by atoms with van der Waals surface area (Å²) in [6.07, 6.45) is 5.28. The monoisotopic (exact) mass is 581 g/mol. The Bertz CT molecular complexity index is 1220. The SMILES string of the molecule is CCCCCCCN(C(=O)O)c1cc(Cl)cc(C)c1NC(=O)c1cc(Br)nn1-c1ncccc1Cl. The largest absolute Gasteiger partial charge is 0.465 e. The van der Waals surface area contributed by atoms with Crippen LogP contribution in [-0.4, -0.2) is 38.4 Å². The molecule has 0 atom stereocenters. The summed E-state index contributed by atoms with van der Waals surface area (Å²) >= 11 is 15.8. The number of hydrogen-bond donors (Lipinski definition) is 2. The number of nitrogens with one attached hydrogen (secondary N) is 1. The molecule has 0 aliphatic carbocycles. The second-order valence-electron chi connectivity index (χ2n) is 7.99. The summed E-state index contributed by atoms with van der Waals surface area (Å²) < 4.78 is 1.74. The van der Waals surface area contributed by atoms with Crippen molar-refractivity contribution in [1.29, 1.82) is 0 Å². The molecule has 11 heteroatoms. The quantitative estimate of drug-likeness (QED) is 0.243. The van der Waals surface area contributed by atoms with Crippen molar-refractivity contribution in [3.63, 3.8) is 0 Å². The number of aromatic nitrogens is 3. The number of carboxylic acid groups (broad SMARTS) is 1. The first-order valence-electron chi connectivity index (χ1n) is 11.2. The lowest BCUT2D eigenvalue weighted by atomic mass is 10.1. The van der Waals surface area contributed by atoms with Gasteiger partial charge < -0.3 is 10.4 Å². The predicted molar refractivity (Wildman–Crippen MR) is 142 cm³/mol. The zero-order valence-corrected chi connectivity index (χ0v) is 22.5. The van der Waals surface area contributed by atoms with Crippen molar-refractivity contribution in [3.8, 4) is 5.82 Å². The van der Waals surface area contributed by atoms with Crippen LogP contribution in [0.5, 0.6) is 0 Å². The summed E-state index contributed by atoms with van der Waals surface area (Å²) in [5, 5.41) is 17.8. The molecule has 0 spiro atoms. The van der Waals surface area contributed by atoms with Gasteiger partial charge in [0.05, 0.1) is 16.4 Å². The van der Waals surface area contributed by atoms with Crippen LogP contribution in [0.3, 0.4) is 0 Å². The Morgan fingerprint density at radius 2 is 1.91 bits per heavy atom. The highest BCUT2D eigenvalue weighted by molar-refractivity contribution is 9.10. The van der Waals surface area contributed by atoms with Gasteiger partial charge in [0.2, 0.25) is 0 Å². The summed E-state index contributed by atoms with van der Waals surface area (Å²) in [5.74, 6) is -0.220. The molecule has 1 aromatic carbocycles. The average molecular weight is 583 g/mol. The number of hydrogen-bond acceptors (Lipinski definition) is 4. The molecule has 0 radical (unpaired) electrons. The lowest BCUT2D eigenvalue weighted by molar-refractivity contribution is 0.101.